The highest BCUT2D eigenvalue weighted by Gasteiger charge is 2.40. The van der Waals surface area contributed by atoms with Gasteiger partial charge in [-0.2, -0.15) is 0 Å². The van der Waals surface area contributed by atoms with Gasteiger partial charge in [0.25, 0.3) is 0 Å². The van der Waals surface area contributed by atoms with E-state index in [9.17, 15) is 9.90 Å². The number of amides is 1. The van der Waals surface area contributed by atoms with Crippen LogP contribution in [0.15, 0.2) is 0 Å². The van der Waals surface area contributed by atoms with Crippen LogP contribution in [-0.4, -0.2) is 40.4 Å². The van der Waals surface area contributed by atoms with Crippen LogP contribution in [-0.2, 0) is 4.74 Å². The zero-order valence-corrected chi connectivity index (χ0v) is 11.0. The van der Waals surface area contributed by atoms with Crippen molar-refractivity contribution in [2.24, 2.45) is 5.92 Å². The van der Waals surface area contributed by atoms with Crippen LogP contribution >= 0.6 is 0 Å². The number of ether oxygens (including phenoxy) is 1. The second kappa shape index (κ2) is 4.48. The highest BCUT2D eigenvalue weighted by Crippen LogP contribution is 2.35. The Labute approximate surface area is 103 Å². The summed E-state index contributed by atoms with van der Waals surface area (Å²) in [5, 5.41) is 9.99. The maximum Gasteiger partial charge on any atom is 0.410 e. The standard InChI is InChI=1S/C13H23NO3/c1-13(2,3)17-12(16)14-7-6-9-4-5-11(15)10(14)8-9/h9-11,15H,4-8H2,1-3H3/t9-,10+,11+/m1/s1. The van der Waals surface area contributed by atoms with Crippen molar-refractivity contribution in [3.05, 3.63) is 0 Å². The van der Waals surface area contributed by atoms with E-state index >= 15 is 0 Å². The van der Waals surface area contributed by atoms with Crippen molar-refractivity contribution in [3.8, 4) is 0 Å². The number of rotatable bonds is 0. The van der Waals surface area contributed by atoms with Gasteiger partial charge in [0.15, 0.2) is 0 Å². The maximum atomic E-state index is 12.1. The lowest BCUT2D eigenvalue weighted by Gasteiger charge is -2.45. The van der Waals surface area contributed by atoms with Crippen LogP contribution in [0.25, 0.3) is 0 Å². The summed E-state index contributed by atoms with van der Waals surface area (Å²) < 4.78 is 5.39. The number of fused-ring (bicyclic) bond motifs is 2. The molecule has 1 saturated carbocycles. The van der Waals surface area contributed by atoms with Gasteiger partial charge < -0.3 is 14.7 Å². The molecule has 2 fully saturated rings. The smallest absolute Gasteiger partial charge is 0.410 e. The lowest BCUT2D eigenvalue weighted by Crippen LogP contribution is -2.55. The van der Waals surface area contributed by atoms with Gasteiger partial charge in [0.05, 0.1) is 12.1 Å². The quantitative estimate of drug-likeness (QED) is 0.707. The number of hydrogen-bond acceptors (Lipinski definition) is 3. The Morgan fingerprint density at radius 1 is 1.29 bits per heavy atom. The molecule has 3 atom stereocenters. The molecule has 98 valence electrons. The summed E-state index contributed by atoms with van der Waals surface area (Å²) in [7, 11) is 0. The van der Waals surface area contributed by atoms with Crippen molar-refractivity contribution >= 4 is 6.09 Å². The van der Waals surface area contributed by atoms with Gasteiger partial charge in [0.2, 0.25) is 0 Å². The number of nitrogens with zero attached hydrogens (tertiary/aromatic N) is 1. The predicted octanol–water partition coefficient (Wildman–Crippen LogP) is 2.16. The van der Waals surface area contributed by atoms with Crippen molar-refractivity contribution in [1.29, 1.82) is 0 Å². The van der Waals surface area contributed by atoms with Crippen LogP contribution in [0.1, 0.15) is 46.5 Å². The monoisotopic (exact) mass is 241 g/mol. The molecule has 0 aromatic carbocycles. The summed E-state index contributed by atoms with van der Waals surface area (Å²) >= 11 is 0. The molecular formula is C13H23NO3. The second-order valence-corrected chi connectivity index (χ2v) is 6.28. The number of hydrogen-bond donors (Lipinski definition) is 1. The average molecular weight is 241 g/mol. The molecule has 0 unspecified atom stereocenters. The van der Waals surface area contributed by atoms with Crippen molar-refractivity contribution in [1.82, 2.24) is 4.90 Å². The lowest BCUT2D eigenvalue weighted by atomic mass is 9.78. The summed E-state index contributed by atoms with van der Waals surface area (Å²) in [4.78, 5) is 13.8. The number of aliphatic hydroxyl groups is 1. The molecule has 4 nitrogen and oxygen atoms in total. The molecule has 2 aliphatic rings. The molecule has 1 aliphatic carbocycles. The first-order valence-electron chi connectivity index (χ1n) is 6.54. The molecule has 0 spiro atoms. The minimum atomic E-state index is -0.465. The van der Waals surface area contributed by atoms with E-state index in [0.29, 0.717) is 5.92 Å². The van der Waals surface area contributed by atoms with Crippen LogP contribution in [0.4, 0.5) is 4.79 Å². The number of likely N-dealkylation sites (tertiary alicyclic amines) is 1. The van der Waals surface area contributed by atoms with Gasteiger partial charge >= 0.3 is 6.09 Å². The van der Waals surface area contributed by atoms with E-state index in [4.69, 9.17) is 4.74 Å². The molecule has 1 amide bonds. The normalized spacial score (nSPS) is 33.4. The zero-order chi connectivity index (χ0) is 12.6. The third-order valence-electron chi connectivity index (χ3n) is 3.70. The zero-order valence-electron chi connectivity index (χ0n) is 11.0. The molecule has 0 radical (unpaired) electrons. The topological polar surface area (TPSA) is 49.8 Å². The second-order valence-electron chi connectivity index (χ2n) is 6.28. The van der Waals surface area contributed by atoms with Gasteiger partial charge in [-0.3, -0.25) is 0 Å². The number of carbonyl (C=O) groups excluding carboxylic acids is 1. The van der Waals surface area contributed by atoms with Gasteiger partial charge in [0, 0.05) is 6.54 Å². The van der Waals surface area contributed by atoms with Gasteiger partial charge in [-0.05, 0) is 52.4 Å². The largest absolute Gasteiger partial charge is 0.444 e. The predicted molar refractivity (Wildman–Crippen MR) is 64.7 cm³/mol. The lowest BCUT2D eigenvalue weighted by molar-refractivity contribution is -0.0441. The first kappa shape index (κ1) is 12.7. The van der Waals surface area contributed by atoms with E-state index < -0.39 is 5.60 Å². The Kier molecular flexibility index (Phi) is 3.34. The van der Waals surface area contributed by atoms with Crippen molar-refractivity contribution < 1.29 is 14.6 Å². The average Bonchev–Trinajstić information content (AvgIpc) is 2.21. The van der Waals surface area contributed by atoms with Crippen LogP contribution in [0.3, 0.4) is 0 Å². The fourth-order valence-corrected chi connectivity index (χ4v) is 2.85. The van der Waals surface area contributed by atoms with E-state index in [0.717, 1.165) is 32.2 Å². The third-order valence-corrected chi connectivity index (χ3v) is 3.70. The highest BCUT2D eigenvalue weighted by atomic mass is 16.6. The van der Waals surface area contributed by atoms with Crippen molar-refractivity contribution in [2.45, 2.75) is 64.2 Å². The maximum absolute atomic E-state index is 12.1. The van der Waals surface area contributed by atoms with Crippen LogP contribution in [0.2, 0.25) is 0 Å². The first-order chi connectivity index (χ1) is 7.87. The minimum Gasteiger partial charge on any atom is -0.444 e. The number of carbonyl (C=O) groups is 1. The minimum absolute atomic E-state index is 0.0302. The molecule has 0 aromatic rings. The van der Waals surface area contributed by atoms with Gasteiger partial charge in [-0.15, -0.1) is 0 Å². The Bertz CT molecular complexity index is 298. The molecule has 1 N–H and O–H groups in total. The van der Waals surface area contributed by atoms with Crippen LogP contribution < -0.4 is 0 Å². The van der Waals surface area contributed by atoms with E-state index in [1.54, 1.807) is 4.90 Å². The molecule has 1 saturated heterocycles. The summed E-state index contributed by atoms with van der Waals surface area (Å²) in [6, 6.07) is -0.0302. The molecule has 1 aliphatic heterocycles. The summed E-state index contributed by atoms with van der Waals surface area (Å²) in [6.07, 6.45) is 3.23. The SMILES string of the molecule is CC(C)(C)OC(=O)N1CC[C@H]2CC[C@H](O)[C@@H]1C2. The van der Waals surface area contributed by atoms with Gasteiger partial charge in [0.1, 0.15) is 5.60 Å². The molecule has 0 aromatic heterocycles. The van der Waals surface area contributed by atoms with Crippen molar-refractivity contribution in [3.63, 3.8) is 0 Å². The molecular weight excluding hydrogens is 218 g/mol. The Morgan fingerprint density at radius 3 is 2.65 bits per heavy atom. The molecule has 4 heteroatoms. The fourth-order valence-electron chi connectivity index (χ4n) is 2.85. The Hall–Kier alpha value is -0.770. The fraction of sp³-hybridized carbons (Fsp3) is 0.923. The van der Waals surface area contributed by atoms with E-state index in [1.165, 1.54) is 0 Å². The summed E-state index contributed by atoms with van der Waals surface area (Å²) in [6.45, 7) is 6.33. The molecule has 2 rings (SSSR count). The highest BCUT2D eigenvalue weighted by molar-refractivity contribution is 5.68. The molecule has 1 heterocycles. The summed E-state index contributed by atoms with van der Waals surface area (Å²) in [5.41, 5.74) is -0.465. The van der Waals surface area contributed by atoms with E-state index in [1.807, 2.05) is 20.8 Å². The van der Waals surface area contributed by atoms with Crippen molar-refractivity contribution in [2.75, 3.05) is 6.54 Å². The number of aliphatic hydroxyl groups excluding tert-OH is 1. The molecule has 17 heavy (non-hydrogen) atoms. The number of piperidine rings is 1. The van der Waals surface area contributed by atoms with Gasteiger partial charge in [-0.25, -0.2) is 4.79 Å². The van der Waals surface area contributed by atoms with Crippen LogP contribution in [0, 0.1) is 5.92 Å². The third kappa shape index (κ3) is 2.92. The van der Waals surface area contributed by atoms with Crippen LogP contribution in [0.5, 0.6) is 0 Å². The Morgan fingerprint density at radius 2 is 2.00 bits per heavy atom. The first-order valence-corrected chi connectivity index (χ1v) is 6.54. The summed E-state index contributed by atoms with van der Waals surface area (Å²) in [5.74, 6) is 0.682. The van der Waals surface area contributed by atoms with E-state index in [2.05, 4.69) is 0 Å². The van der Waals surface area contributed by atoms with Gasteiger partial charge in [-0.1, -0.05) is 0 Å². The molecule has 2 bridgehead atoms. The Balaban J connectivity index is 2.02. The van der Waals surface area contributed by atoms with E-state index in [-0.39, 0.29) is 18.2 Å².